The van der Waals surface area contributed by atoms with Gasteiger partial charge in [-0.3, -0.25) is 4.79 Å². The highest BCUT2D eigenvalue weighted by molar-refractivity contribution is 5.90. The van der Waals surface area contributed by atoms with Crippen LogP contribution < -0.4 is 5.32 Å². The summed E-state index contributed by atoms with van der Waals surface area (Å²) in [6.07, 6.45) is 2.58. The maximum atomic E-state index is 12.5. The maximum Gasteiger partial charge on any atom is 0.329 e. The normalized spacial score (nSPS) is 31.4. The molecule has 0 radical (unpaired) electrons. The van der Waals surface area contributed by atoms with Gasteiger partial charge in [0.25, 0.3) is 0 Å². The first-order valence-electron chi connectivity index (χ1n) is 6.98. The van der Waals surface area contributed by atoms with Crippen LogP contribution in [0.3, 0.4) is 0 Å². The molecule has 2 atom stereocenters. The molecule has 2 N–H and O–H groups in total. The van der Waals surface area contributed by atoms with Gasteiger partial charge in [0.2, 0.25) is 5.91 Å². The molecular weight excluding hydrogens is 248 g/mol. The third-order valence-electron chi connectivity index (χ3n) is 4.04. The van der Waals surface area contributed by atoms with Gasteiger partial charge in [-0.15, -0.1) is 0 Å². The van der Waals surface area contributed by atoms with E-state index in [1.165, 1.54) is 0 Å². The van der Waals surface area contributed by atoms with E-state index in [4.69, 9.17) is 4.74 Å². The zero-order valence-corrected chi connectivity index (χ0v) is 11.4. The summed E-state index contributed by atoms with van der Waals surface area (Å²) in [7, 11) is 0. The van der Waals surface area contributed by atoms with Crippen LogP contribution in [0.25, 0.3) is 0 Å². The van der Waals surface area contributed by atoms with Crippen molar-refractivity contribution in [1.29, 1.82) is 0 Å². The number of morpholine rings is 1. The standard InChI is InChI=1S/C13H22N2O4/c1-2-4-13(12(17)18)5-3-7-15(13)11(16)10-9-19-8-6-14-10/h10,14H,2-9H2,1H3,(H,17,18). The van der Waals surface area contributed by atoms with Crippen LogP contribution in [0.15, 0.2) is 0 Å². The molecule has 0 spiro atoms. The molecule has 19 heavy (non-hydrogen) atoms. The van der Waals surface area contributed by atoms with E-state index in [-0.39, 0.29) is 5.91 Å². The summed E-state index contributed by atoms with van der Waals surface area (Å²) in [5, 5.41) is 12.7. The van der Waals surface area contributed by atoms with Gasteiger partial charge >= 0.3 is 5.97 Å². The summed E-state index contributed by atoms with van der Waals surface area (Å²) in [5.74, 6) is -1.01. The number of rotatable bonds is 4. The molecule has 0 aromatic carbocycles. The number of amides is 1. The summed E-state index contributed by atoms with van der Waals surface area (Å²) in [4.78, 5) is 25.7. The summed E-state index contributed by atoms with van der Waals surface area (Å²) >= 11 is 0. The third kappa shape index (κ3) is 2.60. The number of carbonyl (C=O) groups is 2. The predicted octanol–water partition coefficient (Wildman–Crippen LogP) is 0.221. The lowest BCUT2D eigenvalue weighted by molar-refractivity contribution is -0.159. The predicted molar refractivity (Wildman–Crippen MR) is 68.8 cm³/mol. The van der Waals surface area contributed by atoms with E-state index in [0.29, 0.717) is 39.1 Å². The molecule has 108 valence electrons. The lowest BCUT2D eigenvalue weighted by atomic mass is 9.90. The van der Waals surface area contributed by atoms with Crippen LogP contribution in [0.2, 0.25) is 0 Å². The zero-order valence-electron chi connectivity index (χ0n) is 11.4. The monoisotopic (exact) mass is 270 g/mol. The van der Waals surface area contributed by atoms with E-state index in [2.05, 4.69) is 5.32 Å². The molecule has 0 aliphatic carbocycles. The Morgan fingerprint density at radius 2 is 2.32 bits per heavy atom. The van der Waals surface area contributed by atoms with E-state index < -0.39 is 17.6 Å². The van der Waals surface area contributed by atoms with Crippen LogP contribution in [0.5, 0.6) is 0 Å². The van der Waals surface area contributed by atoms with Crippen molar-refractivity contribution in [2.75, 3.05) is 26.3 Å². The van der Waals surface area contributed by atoms with Gasteiger partial charge < -0.3 is 20.1 Å². The quantitative estimate of drug-likeness (QED) is 0.764. The van der Waals surface area contributed by atoms with Crippen LogP contribution in [0.1, 0.15) is 32.6 Å². The third-order valence-corrected chi connectivity index (χ3v) is 4.04. The Kier molecular flexibility index (Phi) is 4.42. The lowest BCUT2D eigenvalue weighted by Crippen LogP contribution is -2.60. The zero-order chi connectivity index (χ0) is 13.9. The molecule has 2 aliphatic heterocycles. The Bertz CT molecular complexity index is 355. The molecule has 0 aromatic rings. The van der Waals surface area contributed by atoms with Gasteiger partial charge in [-0.2, -0.15) is 0 Å². The van der Waals surface area contributed by atoms with Crippen LogP contribution >= 0.6 is 0 Å². The maximum absolute atomic E-state index is 12.5. The summed E-state index contributed by atoms with van der Waals surface area (Å²) in [5.41, 5.74) is -1.01. The van der Waals surface area contributed by atoms with Gasteiger partial charge in [-0.1, -0.05) is 13.3 Å². The second kappa shape index (κ2) is 5.88. The molecule has 2 rings (SSSR count). The van der Waals surface area contributed by atoms with E-state index >= 15 is 0 Å². The van der Waals surface area contributed by atoms with Crippen LogP contribution in [-0.2, 0) is 14.3 Å². The van der Waals surface area contributed by atoms with Crippen LogP contribution in [-0.4, -0.2) is 59.8 Å². The van der Waals surface area contributed by atoms with Gasteiger partial charge in [0.15, 0.2) is 0 Å². The number of aliphatic carboxylic acids is 1. The number of carboxylic acid groups (broad SMARTS) is 1. The fraction of sp³-hybridized carbons (Fsp3) is 0.846. The Morgan fingerprint density at radius 3 is 2.89 bits per heavy atom. The Morgan fingerprint density at radius 1 is 1.53 bits per heavy atom. The van der Waals surface area contributed by atoms with Crippen molar-refractivity contribution >= 4 is 11.9 Å². The van der Waals surface area contributed by atoms with Gasteiger partial charge in [0.1, 0.15) is 11.6 Å². The highest BCUT2D eigenvalue weighted by atomic mass is 16.5. The first kappa shape index (κ1) is 14.3. The van der Waals surface area contributed by atoms with Crippen molar-refractivity contribution in [3.63, 3.8) is 0 Å². The number of nitrogens with one attached hydrogen (secondary N) is 1. The molecular formula is C13H22N2O4. The molecule has 0 bridgehead atoms. The van der Waals surface area contributed by atoms with Crippen molar-refractivity contribution in [3.8, 4) is 0 Å². The number of ether oxygens (including phenoxy) is 1. The number of likely N-dealkylation sites (tertiary alicyclic amines) is 1. The minimum atomic E-state index is -1.01. The van der Waals surface area contributed by atoms with Crippen molar-refractivity contribution in [3.05, 3.63) is 0 Å². The van der Waals surface area contributed by atoms with Gasteiger partial charge in [0.05, 0.1) is 13.2 Å². The van der Waals surface area contributed by atoms with Gasteiger partial charge in [0, 0.05) is 13.1 Å². The Labute approximate surface area is 113 Å². The van der Waals surface area contributed by atoms with Crippen molar-refractivity contribution in [2.45, 2.75) is 44.2 Å². The number of carboxylic acids is 1. The molecule has 2 saturated heterocycles. The topological polar surface area (TPSA) is 78.9 Å². The average molecular weight is 270 g/mol. The molecule has 0 aromatic heterocycles. The van der Waals surface area contributed by atoms with E-state index in [0.717, 1.165) is 12.8 Å². The number of carbonyl (C=O) groups excluding carboxylic acids is 1. The van der Waals surface area contributed by atoms with Crippen molar-refractivity contribution in [2.24, 2.45) is 0 Å². The van der Waals surface area contributed by atoms with Gasteiger partial charge in [-0.25, -0.2) is 4.79 Å². The lowest BCUT2D eigenvalue weighted by Gasteiger charge is -2.37. The fourth-order valence-corrected chi connectivity index (χ4v) is 3.11. The largest absolute Gasteiger partial charge is 0.479 e. The minimum Gasteiger partial charge on any atom is -0.479 e. The number of nitrogens with zero attached hydrogens (tertiary/aromatic N) is 1. The molecule has 2 fully saturated rings. The van der Waals surface area contributed by atoms with E-state index in [9.17, 15) is 14.7 Å². The average Bonchev–Trinajstić information content (AvgIpc) is 2.84. The molecule has 1 amide bonds. The fourth-order valence-electron chi connectivity index (χ4n) is 3.11. The Balaban J connectivity index is 2.16. The highest BCUT2D eigenvalue weighted by Gasteiger charge is 2.50. The highest BCUT2D eigenvalue weighted by Crippen LogP contribution is 2.34. The summed E-state index contributed by atoms with van der Waals surface area (Å²) in [6, 6.07) is -0.401. The van der Waals surface area contributed by atoms with Gasteiger partial charge in [-0.05, 0) is 19.3 Å². The second-order valence-electron chi connectivity index (χ2n) is 5.26. The van der Waals surface area contributed by atoms with E-state index in [1.807, 2.05) is 6.92 Å². The smallest absolute Gasteiger partial charge is 0.329 e. The minimum absolute atomic E-state index is 0.131. The van der Waals surface area contributed by atoms with Crippen molar-refractivity contribution in [1.82, 2.24) is 10.2 Å². The molecule has 2 unspecified atom stereocenters. The Hall–Kier alpha value is -1.14. The summed E-state index contributed by atoms with van der Waals surface area (Å²) < 4.78 is 5.29. The van der Waals surface area contributed by atoms with Crippen LogP contribution in [0, 0.1) is 0 Å². The molecule has 2 heterocycles. The number of hydrogen-bond donors (Lipinski definition) is 2. The first-order valence-corrected chi connectivity index (χ1v) is 6.98. The molecule has 0 saturated carbocycles. The number of hydrogen-bond acceptors (Lipinski definition) is 4. The molecule has 2 aliphatic rings. The van der Waals surface area contributed by atoms with E-state index in [1.54, 1.807) is 4.90 Å². The van der Waals surface area contributed by atoms with Crippen molar-refractivity contribution < 1.29 is 19.4 Å². The molecule has 6 nitrogen and oxygen atoms in total. The first-order chi connectivity index (χ1) is 9.12. The van der Waals surface area contributed by atoms with Crippen LogP contribution in [0.4, 0.5) is 0 Å². The molecule has 6 heteroatoms. The SMILES string of the molecule is CCCC1(C(=O)O)CCCN1C(=O)C1COCCN1. The summed E-state index contributed by atoms with van der Waals surface area (Å²) in [6.45, 7) is 4.05. The second-order valence-corrected chi connectivity index (χ2v) is 5.26.